The van der Waals surface area contributed by atoms with E-state index < -0.39 is 0 Å². The number of nitrogens with one attached hydrogen (secondary N) is 1. The molecule has 37 heavy (non-hydrogen) atoms. The van der Waals surface area contributed by atoms with Gasteiger partial charge >= 0.3 is 5.97 Å². The third-order valence-corrected chi connectivity index (χ3v) is 7.25. The van der Waals surface area contributed by atoms with Crippen LogP contribution in [-0.2, 0) is 22.4 Å². The molecule has 1 heterocycles. The maximum atomic E-state index is 11.5. The number of carbonyl (C=O) groups is 1. The number of hydrogen-bond acceptors (Lipinski definition) is 4. The quantitative estimate of drug-likeness (QED) is 0.208. The molecule has 1 aromatic heterocycles. The number of esters is 1. The Hall–Kier alpha value is -3.83. The van der Waals surface area contributed by atoms with Crippen molar-refractivity contribution in [2.45, 2.75) is 32.2 Å². The van der Waals surface area contributed by atoms with Crippen molar-refractivity contribution in [1.82, 2.24) is 9.88 Å². The standard InChI is InChI=1S/C32H34N2O3/c1-23-6-5-7-27(20-23)37-19-18-34(17-16-26-22-33-30-9-4-3-8-28(26)30)31-14-12-25-21-24(10-13-29(25)31)11-15-32(35)36-2/h3-11,13,15,20-22,31,33H,12,14,16-19H2,1-2H3/b15-11+. The number of rotatable bonds is 10. The lowest BCUT2D eigenvalue weighted by Crippen LogP contribution is -2.33. The van der Waals surface area contributed by atoms with E-state index >= 15 is 0 Å². The number of aryl methyl sites for hydroxylation is 2. The van der Waals surface area contributed by atoms with Crippen molar-refractivity contribution < 1.29 is 14.3 Å². The molecule has 190 valence electrons. The van der Waals surface area contributed by atoms with Crippen molar-refractivity contribution in [1.29, 1.82) is 0 Å². The molecular formula is C32H34N2O3. The van der Waals surface area contributed by atoms with E-state index in [1.54, 1.807) is 0 Å². The summed E-state index contributed by atoms with van der Waals surface area (Å²) in [6.07, 6.45) is 8.53. The summed E-state index contributed by atoms with van der Waals surface area (Å²) in [7, 11) is 1.40. The van der Waals surface area contributed by atoms with Gasteiger partial charge in [-0.3, -0.25) is 4.90 Å². The van der Waals surface area contributed by atoms with Crippen molar-refractivity contribution in [3.8, 4) is 5.75 Å². The highest BCUT2D eigenvalue weighted by molar-refractivity contribution is 5.87. The summed E-state index contributed by atoms with van der Waals surface area (Å²) >= 11 is 0. The highest BCUT2D eigenvalue weighted by atomic mass is 16.5. The monoisotopic (exact) mass is 494 g/mol. The minimum Gasteiger partial charge on any atom is -0.492 e. The van der Waals surface area contributed by atoms with E-state index in [2.05, 4.69) is 77.6 Å². The number of aromatic amines is 1. The zero-order chi connectivity index (χ0) is 25.6. The van der Waals surface area contributed by atoms with E-state index in [1.807, 2.05) is 18.2 Å². The first-order valence-electron chi connectivity index (χ1n) is 13.0. The average molecular weight is 495 g/mol. The number of nitrogens with zero attached hydrogens (tertiary/aromatic N) is 1. The summed E-state index contributed by atoms with van der Waals surface area (Å²) in [5, 5.41) is 1.30. The maximum absolute atomic E-state index is 11.5. The van der Waals surface area contributed by atoms with Gasteiger partial charge in [-0.1, -0.05) is 48.5 Å². The fourth-order valence-electron chi connectivity index (χ4n) is 5.34. The first-order chi connectivity index (χ1) is 18.1. The minimum atomic E-state index is -0.338. The molecule has 0 amide bonds. The number of methoxy groups -OCH3 is 1. The van der Waals surface area contributed by atoms with Crippen LogP contribution in [0.3, 0.4) is 0 Å². The Labute approximate surface area is 218 Å². The van der Waals surface area contributed by atoms with Gasteiger partial charge < -0.3 is 14.5 Å². The average Bonchev–Trinajstić information content (AvgIpc) is 3.53. The molecule has 1 N–H and O–H groups in total. The van der Waals surface area contributed by atoms with Crippen molar-refractivity contribution >= 4 is 22.9 Å². The van der Waals surface area contributed by atoms with Gasteiger partial charge in [0.2, 0.25) is 0 Å². The van der Waals surface area contributed by atoms with Gasteiger partial charge in [0.25, 0.3) is 0 Å². The van der Waals surface area contributed by atoms with E-state index in [9.17, 15) is 4.79 Å². The van der Waals surface area contributed by atoms with Crippen molar-refractivity contribution in [2.24, 2.45) is 0 Å². The topological polar surface area (TPSA) is 54.6 Å². The summed E-state index contributed by atoms with van der Waals surface area (Å²) in [5.74, 6) is 0.584. The number of benzene rings is 3. The van der Waals surface area contributed by atoms with Crippen LogP contribution in [0.4, 0.5) is 0 Å². The third kappa shape index (κ3) is 5.95. The molecule has 1 aliphatic carbocycles. The van der Waals surface area contributed by atoms with Crippen LogP contribution in [0, 0.1) is 6.92 Å². The second-order valence-electron chi connectivity index (χ2n) is 9.68. The second-order valence-corrected chi connectivity index (χ2v) is 9.68. The summed E-state index contributed by atoms with van der Waals surface area (Å²) in [6, 6.07) is 23.6. The highest BCUT2D eigenvalue weighted by Gasteiger charge is 2.28. The third-order valence-electron chi connectivity index (χ3n) is 7.25. The van der Waals surface area contributed by atoms with Gasteiger partial charge in [-0.05, 0) is 78.3 Å². The lowest BCUT2D eigenvalue weighted by molar-refractivity contribution is -0.134. The number of para-hydroxylation sites is 1. The van der Waals surface area contributed by atoms with Crippen LogP contribution < -0.4 is 4.74 Å². The zero-order valence-electron chi connectivity index (χ0n) is 21.6. The smallest absolute Gasteiger partial charge is 0.330 e. The number of aromatic nitrogens is 1. The molecule has 5 rings (SSSR count). The Morgan fingerprint density at radius 3 is 2.84 bits per heavy atom. The first kappa shape index (κ1) is 24.8. The molecule has 4 aromatic rings. The van der Waals surface area contributed by atoms with Crippen LogP contribution in [0.5, 0.6) is 5.75 Å². The predicted octanol–water partition coefficient (Wildman–Crippen LogP) is 6.27. The van der Waals surface area contributed by atoms with Gasteiger partial charge in [0.1, 0.15) is 12.4 Å². The Kier molecular flexibility index (Phi) is 7.71. The summed E-state index contributed by atoms with van der Waals surface area (Å²) in [6.45, 7) is 4.53. The summed E-state index contributed by atoms with van der Waals surface area (Å²) in [5.41, 5.74) is 7.50. The van der Waals surface area contributed by atoms with E-state index in [0.29, 0.717) is 12.6 Å². The molecule has 5 nitrogen and oxygen atoms in total. The van der Waals surface area contributed by atoms with E-state index in [-0.39, 0.29) is 5.97 Å². The fourth-order valence-corrected chi connectivity index (χ4v) is 5.34. The molecule has 0 fully saturated rings. The molecular weight excluding hydrogens is 460 g/mol. The maximum Gasteiger partial charge on any atom is 0.330 e. The minimum absolute atomic E-state index is 0.338. The zero-order valence-corrected chi connectivity index (χ0v) is 21.6. The van der Waals surface area contributed by atoms with Crippen LogP contribution in [0.15, 0.2) is 79.0 Å². The van der Waals surface area contributed by atoms with Crippen LogP contribution in [-0.4, -0.2) is 42.7 Å². The summed E-state index contributed by atoms with van der Waals surface area (Å²) < 4.78 is 10.9. The molecule has 0 radical (unpaired) electrons. The molecule has 0 bridgehead atoms. The van der Waals surface area contributed by atoms with Gasteiger partial charge in [0, 0.05) is 42.3 Å². The fraction of sp³-hybridized carbons (Fsp3) is 0.281. The second kappa shape index (κ2) is 11.5. The van der Waals surface area contributed by atoms with E-state index in [4.69, 9.17) is 9.47 Å². The largest absolute Gasteiger partial charge is 0.492 e. The highest BCUT2D eigenvalue weighted by Crippen LogP contribution is 2.36. The molecule has 1 unspecified atom stereocenters. The van der Waals surface area contributed by atoms with Crippen molar-refractivity contribution in [3.63, 3.8) is 0 Å². The molecule has 0 saturated carbocycles. The summed E-state index contributed by atoms with van der Waals surface area (Å²) in [4.78, 5) is 17.5. The van der Waals surface area contributed by atoms with Gasteiger partial charge in [0.05, 0.1) is 7.11 Å². The van der Waals surface area contributed by atoms with Crippen LogP contribution in [0.25, 0.3) is 17.0 Å². The Morgan fingerprint density at radius 2 is 1.97 bits per heavy atom. The molecule has 1 aliphatic rings. The first-order valence-corrected chi connectivity index (χ1v) is 13.0. The number of hydrogen-bond donors (Lipinski definition) is 1. The van der Waals surface area contributed by atoms with Crippen molar-refractivity contribution in [2.75, 3.05) is 26.8 Å². The molecule has 0 aliphatic heterocycles. The Bertz CT molecular complexity index is 1400. The molecule has 0 saturated heterocycles. The lowest BCUT2D eigenvalue weighted by Gasteiger charge is -2.30. The van der Waals surface area contributed by atoms with Crippen molar-refractivity contribution in [3.05, 3.63) is 107 Å². The lowest BCUT2D eigenvalue weighted by atomic mass is 10.0. The normalized spacial score (nSPS) is 14.9. The number of fused-ring (bicyclic) bond motifs is 2. The van der Waals surface area contributed by atoms with Gasteiger partial charge in [-0.25, -0.2) is 4.79 Å². The van der Waals surface area contributed by atoms with E-state index in [1.165, 1.54) is 46.3 Å². The molecule has 1 atom stereocenters. The number of H-pyrrole nitrogens is 1. The van der Waals surface area contributed by atoms with Gasteiger partial charge in [-0.15, -0.1) is 0 Å². The molecule has 5 heteroatoms. The molecule has 0 spiro atoms. The number of carbonyl (C=O) groups excluding carboxylic acids is 1. The Morgan fingerprint density at radius 1 is 1.08 bits per heavy atom. The van der Waals surface area contributed by atoms with E-state index in [0.717, 1.165) is 43.7 Å². The SMILES string of the molecule is COC(=O)/C=C/c1ccc2c(c1)CCC2N(CCOc1cccc(C)c1)CCc1c[nH]c2ccccc12. The van der Waals surface area contributed by atoms with Crippen LogP contribution in [0.2, 0.25) is 0 Å². The van der Waals surface area contributed by atoms with Gasteiger partial charge in [-0.2, -0.15) is 0 Å². The number of ether oxygens (including phenoxy) is 2. The van der Waals surface area contributed by atoms with Crippen LogP contribution in [0.1, 0.15) is 40.3 Å². The van der Waals surface area contributed by atoms with Crippen LogP contribution >= 0.6 is 0 Å². The van der Waals surface area contributed by atoms with Gasteiger partial charge in [0.15, 0.2) is 0 Å². The Balaban J connectivity index is 1.33. The predicted molar refractivity (Wildman–Crippen MR) is 149 cm³/mol. The molecule has 3 aromatic carbocycles.